The summed E-state index contributed by atoms with van der Waals surface area (Å²) in [5.74, 6) is 0. The highest BCUT2D eigenvalue weighted by atomic mass is 16.7. The van der Waals surface area contributed by atoms with E-state index in [-0.39, 0.29) is 18.3 Å². The molecule has 1 aromatic carbocycles. The summed E-state index contributed by atoms with van der Waals surface area (Å²) >= 11 is 0. The predicted molar refractivity (Wildman–Crippen MR) is 102 cm³/mol. The van der Waals surface area contributed by atoms with Gasteiger partial charge in [-0.1, -0.05) is 30.3 Å². The van der Waals surface area contributed by atoms with Crippen LogP contribution in [0.5, 0.6) is 0 Å². The van der Waals surface area contributed by atoms with Crippen LogP contribution in [-0.4, -0.2) is 49.5 Å². The van der Waals surface area contributed by atoms with Gasteiger partial charge in [0.05, 0.1) is 24.4 Å². The average Bonchev–Trinajstić information content (AvgIpc) is 2.78. The molecule has 2 aliphatic heterocycles. The Morgan fingerprint density at radius 3 is 2.16 bits per heavy atom. The Labute approximate surface area is 152 Å². The molecule has 4 nitrogen and oxygen atoms in total. The molecule has 0 aromatic heterocycles. The first-order valence-electron chi connectivity index (χ1n) is 9.20. The molecule has 0 bridgehead atoms. The van der Waals surface area contributed by atoms with Crippen molar-refractivity contribution in [2.45, 2.75) is 52.4 Å². The highest BCUT2D eigenvalue weighted by Gasteiger charge is 2.51. The van der Waals surface area contributed by atoms with Gasteiger partial charge in [-0.2, -0.15) is 0 Å². The Bertz CT molecular complexity index is 602. The van der Waals surface area contributed by atoms with Gasteiger partial charge in [-0.25, -0.2) is 0 Å². The molecule has 2 saturated heterocycles. The van der Waals surface area contributed by atoms with Crippen molar-refractivity contribution in [2.75, 3.05) is 26.3 Å². The highest BCUT2D eigenvalue weighted by molar-refractivity contribution is 6.55. The quantitative estimate of drug-likeness (QED) is 0.783. The Morgan fingerprint density at radius 2 is 1.60 bits per heavy atom. The highest BCUT2D eigenvalue weighted by Crippen LogP contribution is 2.38. The lowest BCUT2D eigenvalue weighted by molar-refractivity contribution is 0.00578. The van der Waals surface area contributed by atoms with Gasteiger partial charge in [0.1, 0.15) is 0 Å². The van der Waals surface area contributed by atoms with Crippen molar-refractivity contribution in [1.82, 2.24) is 4.90 Å². The van der Waals surface area contributed by atoms with E-state index in [1.165, 1.54) is 11.1 Å². The topological polar surface area (TPSA) is 30.9 Å². The zero-order chi connectivity index (χ0) is 18.1. The molecule has 3 rings (SSSR count). The normalized spacial score (nSPS) is 23.9. The second kappa shape index (κ2) is 7.24. The third-order valence-electron chi connectivity index (χ3n) is 5.51. The van der Waals surface area contributed by atoms with E-state index in [1.807, 2.05) is 0 Å². The SMILES string of the molecule is CC(=Cc1ccc(CN2CCOCC2)cc1)B1OC(C)(C)C(C)(C)O1. The number of rotatable bonds is 4. The van der Waals surface area contributed by atoms with E-state index in [9.17, 15) is 0 Å². The van der Waals surface area contributed by atoms with Gasteiger partial charge >= 0.3 is 7.12 Å². The third-order valence-corrected chi connectivity index (χ3v) is 5.51. The van der Waals surface area contributed by atoms with Crippen molar-refractivity contribution in [2.24, 2.45) is 0 Å². The standard InChI is InChI=1S/C20H30BNO3/c1-16(21-24-19(2,3)20(4,5)25-21)14-17-6-8-18(9-7-17)15-22-10-12-23-13-11-22/h6-9,14H,10-13,15H2,1-5H3. The lowest BCUT2D eigenvalue weighted by atomic mass is 9.78. The number of allylic oxidation sites excluding steroid dienone is 1. The Morgan fingerprint density at radius 1 is 1.04 bits per heavy atom. The van der Waals surface area contributed by atoms with Gasteiger partial charge in [0.15, 0.2) is 0 Å². The van der Waals surface area contributed by atoms with E-state index < -0.39 is 0 Å². The van der Waals surface area contributed by atoms with Gasteiger partial charge in [0.2, 0.25) is 0 Å². The van der Waals surface area contributed by atoms with Crippen LogP contribution in [-0.2, 0) is 20.6 Å². The number of morpholine rings is 1. The lowest BCUT2D eigenvalue weighted by Gasteiger charge is -2.32. The third kappa shape index (κ3) is 4.34. The van der Waals surface area contributed by atoms with Crippen LogP contribution in [0.4, 0.5) is 0 Å². The minimum Gasteiger partial charge on any atom is -0.400 e. The maximum atomic E-state index is 6.11. The predicted octanol–water partition coefficient (Wildman–Crippen LogP) is 3.55. The second-order valence-corrected chi connectivity index (χ2v) is 8.11. The number of hydrogen-bond acceptors (Lipinski definition) is 4. The lowest BCUT2D eigenvalue weighted by Crippen LogP contribution is -2.41. The molecule has 136 valence electrons. The van der Waals surface area contributed by atoms with Crippen LogP contribution < -0.4 is 0 Å². The molecule has 0 unspecified atom stereocenters. The molecular weight excluding hydrogens is 313 g/mol. The first-order valence-corrected chi connectivity index (χ1v) is 9.20. The molecule has 0 radical (unpaired) electrons. The first kappa shape index (κ1) is 18.6. The van der Waals surface area contributed by atoms with Crippen molar-refractivity contribution in [3.63, 3.8) is 0 Å². The van der Waals surface area contributed by atoms with Crippen LogP contribution in [0.15, 0.2) is 29.7 Å². The van der Waals surface area contributed by atoms with Gasteiger partial charge < -0.3 is 14.0 Å². The smallest absolute Gasteiger partial charge is 0.400 e. The van der Waals surface area contributed by atoms with Gasteiger partial charge in [-0.3, -0.25) is 4.90 Å². The maximum absolute atomic E-state index is 6.11. The number of benzene rings is 1. The summed E-state index contributed by atoms with van der Waals surface area (Å²) in [6.45, 7) is 15.1. The molecule has 1 aromatic rings. The van der Waals surface area contributed by atoms with E-state index >= 15 is 0 Å². The largest absolute Gasteiger partial charge is 0.490 e. The Balaban J connectivity index is 1.63. The number of hydrogen-bond donors (Lipinski definition) is 0. The molecule has 0 amide bonds. The summed E-state index contributed by atoms with van der Waals surface area (Å²) in [4.78, 5) is 2.43. The molecule has 0 N–H and O–H groups in total. The Kier molecular flexibility index (Phi) is 5.40. The maximum Gasteiger partial charge on any atom is 0.490 e. The van der Waals surface area contributed by atoms with Gasteiger partial charge in [-0.05, 0) is 51.2 Å². The van der Waals surface area contributed by atoms with Crippen molar-refractivity contribution < 1.29 is 14.0 Å². The van der Waals surface area contributed by atoms with Crippen LogP contribution in [0.2, 0.25) is 0 Å². The average molecular weight is 343 g/mol. The van der Waals surface area contributed by atoms with Gasteiger partial charge in [0.25, 0.3) is 0 Å². The molecule has 0 atom stereocenters. The summed E-state index contributed by atoms with van der Waals surface area (Å²) in [6.07, 6.45) is 2.15. The zero-order valence-electron chi connectivity index (χ0n) is 16.2. The van der Waals surface area contributed by atoms with Crippen molar-refractivity contribution >= 4 is 13.2 Å². The van der Waals surface area contributed by atoms with E-state index in [4.69, 9.17) is 14.0 Å². The minimum absolute atomic E-state index is 0.280. The zero-order valence-corrected chi connectivity index (χ0v) is 16.2. The van der Waals surface area contributed by atoms with Crippen molar-refractivity contribution in [1.29, 1.82) is 0 Å². The number of nitrogens with zero attached hydrogens (tertiary/aromatic N) is 1. The molecule has 2 aliphatic rings. The fourth-order valence-electron chi connectivity index (χ4n) is 3.10. The van der Waals surface area contributed by atoms with E-state index in [0.717, 1.165) is 38.3 Å². The molecule has 0 aliphatic carbocycles. The summed E-state index contributed by atoms with van der Waals surface area (Å²) in [6, 6.07) is 8.76. The van der Waals surface area contributed by atoms with Crippen LogP contribution in [0.3, 0.4) is 0 Å². The van der Waals surface area contributed by atoms with Crippen LogP contribution >= 0.6 is 0 Å². The van der Waals surface area contributed by atoms with Crippen LogP contribution in [0.25, 0.3) is 6.08 Å². The molecule has 2 fully saturated rings. The second-order valence-electron chi connectivity index (χ2n) is 8.11. The molecule has 2 heterocycles. The molecule has 25 heavy (non-hydrogen) atoms. The molecule has 0 saturated carbocycles. The number of ether oxygens (including phenoxy) is 1. The van der Waals surface area contributed by atoms with Crippen LogP contribution in [0, 0.1) is 0 Å². The fraction of sp³-hybridized carbons (Fsp3) is 0.600. The monoisotopic (exact) mass is 343 g/mol. The van der Waals surface area contributed by atoms with Crippen molar-refractivity contribution in [3.05, 3.63) is 40.9 Å². The summed E-state index contributed by atoms with van der Waals surface area (Å²) in [5.41, 5.74) is 3.02. The van der Waals surface area contributed by atoms with Crippen LogP contribution in [0.1, 0.15) is 45.7 Å². The van der Waals surface area contributed by atoms with E-state index in [2.05, 4.69) is 69.9 Å². The van der Waals surface area contributed by atoms with E-state index in [0.29, 0.717) is 0 Å². The first-order chi connectivity index (χ1) is 11.8. The molecule has 5 heteroatoms. The van der Waals surface area contributed by atoms with Crippen molar-refractivity contribution in [3.8, 4) is 0 Å². The summed E-state index contributed by atoms with van der Waals surface area (Å²) in [5, 5.41) is 0. The van der Waals surface area contributed by atoms with Gasteiger partial charge in [0, 0.05) is 19.6 Å². The van der Waals surface area contributed by atoms with E-state index in [1.54, 1.807) is 0 Å². The molecule has 0 spiro atoms. The summed E-state index contributed by atoms with van der Waals surface area (Å²) in [7, 11) is -0.280. The minimum atomic E-state index is -0.297. The summed E-state index contributed by atoms with van der Waals surface area (Å²) < 4.78 is 17.6. The Hall–Kier alpha value is -1.14. The fourth-order valence-corrected chi connectivity index (χ4v) is 3.10. The van der Waals surface area contributed by atoms with Gasteiger partial charge in [-0.15, -0.1) is 0 Å². The molecular formula is C20H30BNO3.